The van der Waals surface area contributed by atoms with Crippen LogP contribution in [0, 0.1) is 0 Å². The van der Waals surface area contributed by atoms with Crippen LogP contribution in [0.3, 0.4) is 0 Å². The topological polar surface area (TPSA) is 69.0 Å². The molecule has 1 atom stereocenters. The van der Waals surface area contributed by atoms with Crippen molar-refractivity contribution in [2.45, 2.75) is 26.4 Å². The first-order valence-electron chi connectivity index (χ1n) is 8.19. The van der Waals surface area contributed by atoms with E-state index in [0.29, 0.717) is 5.56 Å². The number of hydrogen-bond donors (Lipinski definition) is 1. The first kappa shape index (κ1) is 16.7. The van der Waals surface area contributed by atoms with E-state index in [1.807, 2.05) is 43.3 Å². The minimum atomic E-state index is -0.161. The second-order valence-corrected chi connectivity index (χ2v) is 5.73. The molecular formula is C19H20N4O2. The second kappa shape index (κ2) is 7.61. The van der Waals surface area contributed by atoms with Gasteiger partial charge in [0, 0.05) is 16.9 Å². The Hall–Kier alpha value is -3.15. The highest BCUT2D eigenvalue weighted by atomic mass is 16.5. The molecular weight excluding hydrogens is 316 g/mol. The van der Waals surface area contributed by atoms with Crippen molar-refractivity contribution in [3.63, 3.8) is 0 Å². The summed E-state index contributed by atoms with van der Waals surface area (Å²) in [7, 11) is 0. The summed E-state index contributed by atoms with van der Waals surface area (Å²) in [6.45, 7) is 4.10. The summed E-state index contributed by atoms with van der Waals surface area (Å²) < 4.78 is 7.51. The van der Waals surface area contributed by atoms with Crippen molar-refractivity contribution in [1.82, 2.24) is 14.8 Å². The van der Waals surface area contributed by atoms with Gasteiger partial charge < -0.3 is 10.1 Å². The molecule has 0 saturated heterocycles. The highest BCUT2D eigenvalue weighted by Crippen LogP contribution is 2.18. The van der Waals surface area contributed by atoms with Crippen LogP contribution in [0.4, 0.5) is 5.69 Å². The molecule has 0 aliphatic carbocycles. The second-order valence-electron chi connectivity index (χ2n) is 5.73. The maximum Gasteiger partial charge on any atom is 0.255 e. The smallest absolute Gasteiger partial charge is 0.255 e. The molecule has 0 radical (unpaired) electrons. The zero-order valence-corrected chi connectivity index (χ0v) is 14.2. The summed E-state index contributed by atoms with van der Waals surface area (Å²) >= 11 is 0. The molecule has 0 saturated carbocycles. The van der Waals surface area contributed by atoms with E-state index in [9.17, 15) is 4.79 Å². The molecule has 0 spiro atoms. The average molecular weight is 336 g/mol. The highest BCUT2D eigenvalue weighted by Gasteiger charge is 2.07. The number of nitrogens with one attached hydrogen (secondary N) is 1. The first-order chi connectivity index (χ1) is 12.2. The largest absolute Gasteiger partial charge is 0.491 e. The van der Waals surface area contributed by atoms with Crippen LogP contribution in [-0.4, -0.2) is 26.8 Å². The van der Waals surface area contributed by atoms with Gasteiger partial charge >= 0.3 is 0 Å². The third-order valence-electron chi connectivity index (χ3n) is 3.87. The zero-order chi connectivity index (χ0) is 17.6. The fraction of sp³-hybridized carbons (Fsp3) is 0.211. The molecule has 0 aliphatic heterocycles. The molecule has 6 heteroatoms. The van der Waals surface area contributed by atoms with Crippen LogP contribution in [0.15, 0.2) is 61.2 Å². The maximum atomic E-state index is 12.3. The quantitative estimate of drug-likeness (QED) is 0.745. The molecule has 25 heavy (non-hydrogen) atoms. The van der Waals surface area contributed by atoms with Crippen LogP contribution >= 0.6 is 0 Å². The van der Waals surface area contributed by atoms with E-state index in [1.165, 1.54) is 0 Å². The van der Waals surface area contributed by atoms with Gasteiger partial charge in [-0.2, -0.15) is 0 Å². The predicted octanol–water partition coefficient (Wildman–Crippen LogP) is 3.70. The normalized spacial score (nSPS) is 11.8. The van der Waals surface area contributed by atoms with Crippen molar-refractivity contribution < 1.29 is 9.53 Å². The van der Waals surface area contributed by atoms with Gasteiger partial charge in [-0.3, -0.25) is 9.36 Å². The average Bonchev–Trinajstić information content (AvgIpc) is 3.18. The fourth-order valence-corrected chi connectivity index (χ4v) is 2.25. The first-order valence-corrected chi connectivity index (χ1v) is 8.19. The van der Waals surface area contributed by atoms with E-state index < -0.39 is 0 Å². The maximum absolute atomic E-state index is 12.3. The zero-order valence-electron chi connectivity index (χ0n) is 14.2. The standard InChI is InChI=1S/C19H20N4O2/c1-3-14(2)25-18-10-6-16(7-11-18)22-19(24)15-4-8-17(9-5-15)23-12-20-21-13-23/h4-14H,3H2,1-2H3,(H,22,24). The number of ether oxygens (including phenoxy) is 1. The van der Waals surface area contributed by atoms with E-state index in [2.05, 4.69) is 22.4 Å². The summed E-state index contributed by atoms with van der Waals surface area (Å²) in [5.74, 6) is 0.636. The lowest BCUT2D eigenvalue weighted by Gasteiger charge is -2.13. The number of anilines is 1. The van der Waals surface area contributed by atoms with Crippen molar-refractivity contribution >= 4 is 11.6 Å². The SMILES string of the molecule is CCC(C)Oc1ccc(NC(=O)c2ccc(-n3cnnc3)cc2)cc1. The monoisotopic (exact) mass is 336 g/mol. The molecule has 1 amide bonds. The molecule has 1 unspecified atom stereocenters. The summed E-state index contributed by atoms with van der Waals surface area (Å²) in [5.41, 5.74) is 2.20. The van der Waals surface area contributed by atoms with Crippen LogP contribution in [0.5, 0.6) is 5.75 Å². The van der Waals surface area contributed by atoms with E-state index >= 15 is 0 Å². The van der Waals surface area contributed by atoms with Gasteiger partial charge in [-0.1, -0.05) is 6.92 Å². The number of carbonyl (C=O) groups excluding carboxylic acids is 1. The van der Waals surface area contributed by atoms with Gasteiger partial charge in [0.2, 0.25) is 0 Å². The number of hydrogen-bond acceptors (Lipinski definition) is 4. The highest BCUT2D eigenvalue weighted by molar-refractivity contribution is 6.04. The molecule has 0 fully saturated rings. The summed E-state index contributed by atoms with van der Waals surface area (Å²) in [5, 5.41) is 10.4. The van der Waals surface area contributed by atoms with Crippen LogP contribution in [0.1, 0.15) is 30.6 Å². The van der Waals surface area contributed by atoms with Gasteiger partial charge in [-0.25, -0.2) is 0 Å². The number of rotatable bonds is 6. The third kappa shape index (κ3) is 4.23. The number of benzene rings is 2. The third-order valence-corrected chi connectivity index (χ3v) is 3.87. The molecule has 0 bridgehead atoms. The Morgan fingerprint density at radius 2 is 1.72 bits per heavy atom. The lowest BCUT2D eigenvalue weighted by atomic mass is 10.2. The van der Waals surface area contributed by atoms with Crippen molar-refractivity contribution in [3.05, 3.63) is 66.7 Å². The van der Waals surface area contributed by atoms with E-state index in [1.54, 1.807) is 29.4 Å². The Balaban J connectivity index is 1.63. The van der Waals surface area contributed by atoms with Gasteiger partial charge in [0.25, 0.3) is 5.91 Å². The molecule has 2 aromatic carbocycles. The molecule has 3 aromatic rings. The number of aromatic nitrogens is 3. The Bertz CT molecular complexity index is 812. The molecule has 1 aromatic heterocycles. The molecule has 128 valence electrons. The van der Waals surface area contributed by atoms with Crippen molar-refractivity contribution in [3.8, 4) is 11.4 Å². The summed E-state index contributed by atoms with van der Waals surface area (Å²) in [6, 6.07) is 14.6. The number of carbonyl (C=O) groups is 1. The van der Waals surface area contributed by atoms with Crippen molar-refractivity contribution in [2.75, 3.05) is 5.32 Å². The molecule has 1 N–H and O–H groups in total. The Morgan fingerprint density at radius 3 is 2.32 bits per heavy atom. The predicted molar refractivity (Wildman–Crippen MR) is 96.1 cm³/mol. The summed E-state index contributed by atoms with van der Waals surface area (Å²) in [6.07, 6.45) is 4.34. The Labute approximate surface area is 146 Å². The van der Waals surface area contributed by atoms with Gasteiger partial charge in [-0.05, 0) is 61.9 Å². The fourth-order valence-electron chi connectivity index (χ4n) is 2.25. The van der Waals surface area contributed by atoms with Crippen molar-refractivity contribution in [1.29, 1.82) is 0 Å². The van der Waals surface area contributed by atoms with Crippen LogP contribution in [-0.2, 0) is 0 Å². The molecule has 3 rings (SSSR count). The Morgan fingerprint density at radius 1 is 1.08 bits per heavy atom. The van der Waals surface area contributed by atoms with Crippen molar-refractivity contribution in [2.24, 2.45) is 0 Å². The minimum Gasteiger partial charge on any atom is -0.491 e. The van der Waals surface area contributed by atoms with E-state index in [0.717, 1.165) is 23.5 Å². The lowest BCUT2D eigenvalue weighted by Crippen LogP contribution is -2.12. The van der Waals surface area contributed by atoms with Gasteiger partial charge in [-0.15, -0.1) is 10.2 Å². The van der Waals surface area contributed by atoms with Crippen LogP contribution in [0.2, 0.25) is 0 Å². The minimum absolute atomic E-state index is 0.161. The lowest BCUT2D eigenvalue weighted by molar-refractivity contribution is 0.102. The van der Waals surface area contributed by atoms with E-state index in [-0.39, 0.29) is 12.0 Å². The van der Waals surface area contributed by atoms with Crippen LogP contribution in [0.25, 0.3) is 5.69 Å². The molecule has 0 aliphatic rings. The number of nitrogens with zero attached hydrogens (tertiary/aromatic N) is 3. The van der Waals surface area contributed by atoms with E-state index in [4.69, 9.17) is 4.74 Å². The van der Waals surface area contributed by atoms with Gasteiger partial charge in [0.15, 0.2) is 0 Å². The number of amides is 1. The summed E-state index contributed by atoms with van der Waals surface area (Å²) in [4.78, 5) is 12.3. The van der Waals surface area contributed by atoms with Gasteiger partial charge in [0.1, 0.15) is 18.4 Å². The molecule has 1 heterocycles. The van der Waals surface area contributed by atoms with Crippen LogP contribution < -0.4 is 10.1 Å². The Kier molecular flexibility index (Phi) is 5.09. The van der Waals surface area contributed by atoms with Gasteiger partial charge in [0.05, 0.1) is 6.10 Å². The molecule has 6 nitrogen and oxygen atoms in total.